The summed E-state index contributed by atoms with van der Waals surface area (Å²) in [5, 5.41) is 12.4. The van der Waals surface area contributed by atoms with Crippen molar-refractivity contribution in [1.29, 1.82) is 5.26 Å². The Bertz CT molecular complexity index is 756. The van der Waals surface area contributed by atoms with Crippen molar-refractivity contribution in [2.75, 3.05) is 16.8 Å². The lowest BCUT2D eigenvalue weighted by atomic mass is 10.0. The second-order valence-corrected chi connectivity index (χ2v) is 5.59. The first-order valence-electron chi connectivity index (χ1n) is 7.23. The van der Waals surface area contributed by atoms with Gasteiger partial charge in [0.25, 0.3) is 0 Å². The number of hydrogen-bond donors (Lipinski definition) is 1. The molecule has 2 heterocycles. The maximum atomic E-state index is 12.7. The molecule has 1 atom stereocenters. The topological polar surface area (TPSA) is 81.9 Å². The number of amides is 1. The number of carbonyl (C=O) groups is 1. The van der Waals surface area contributed by atoms with Crippen molar-refractivity contribution >= 4 is 29.0 Å². The standard InChI is InChI=1S/C16H14ClN5O/c17-12-4-1-2-6-14(12)22-7-3-5-13(16(22)23)21-15-10-19-11(8-18)9-20-15/h1-2,4,6,9-10,13H,3,5,7H2,(H,20,21). The Morgan fingerprint density at radius 3 is 2.83 bits per heavy atom. The predicted octanol–water partition coefficient (Wildman–Crippen LogP) is 2.61. The van der Waals surface area contributed by atoms with E-state index in [0.29, 0.717) is 23.8 Å². The Labute approximate surface area is 138 Å². The number of aromatic nitrogens is 2. The van der Waals surface area contributed by atoms with Crippen molar-refractivity contribution in [3.8, 4) is 6.07 Å². The fraction of sp³-hybridized carbons (Fsp3) is 0.250. The van der Waals surface area contributed by atoms with E-state index >= 15 is 0 Å². The number of carbonyl (C=O) groups excluding carboxylic acids is 1. The van der Waals surface area contributed by atoms with Crippen LogP contribution in [0.4, 0.5) is 11.5 Å². The highest BCUT2D eigenvalue weighted by molar-refractivity contribution is 6.33. The number of anilines is 2. The minimum atomic E-state index is -0.387. The molecule has 1 aromatic carbocycles. The van der Waals surface area contributed by atoms with Gasteiger partial charge in [-0.3, -0.25) is 4.79 Å². The van der Waals surface area contributed by atoms with Gasteiger partial charge in [0.2, 0.25) is 5.91 Å². The van der Waals surface area contributed by atoms with E-state index in [1.807, 2.05) is 24.3 Å². The summed E-state index contributed by atoms with van der Waals surface area (Å²) in [7, 11) is 0. The minimum absolute atomic E-state index is 0.0458. The van der Waals surface area contributed by atoms with Crippen LogP contribution in [0.25, 0.3) is 0 Å². The Morgan fingerprint density at radius 2 is 2.13 bits per heavy atom. The van der Waals surface area contributed by atoms with E-state index in [1.165, 1.54) is 12.4 Å². The molecule has 0 saturated carbocycles. The van der Waals surface area contributed by atoms with Crippen LogP contribution in [0.5, 0.6) is 0 Å². The summed E-state index contributed by atoms with van der Waals surface area (Å²) in [6, 6.07) is 8.83. The van der Waals surface area contributed by atoms with Crippen LogP contribution in [0.1, 0.15) is 18.5 Å². The lowest BCUT2D eigenvalue weighted by molar-refractivity contribution is -0.120. The number of piperidine rings is 1. The van der Waals surface area contributed by atoms with Crippen LogP contribution in [0.3, 0.4) is 0 Å². The summed E-state index contributed by atoms with van der Waals surface area (Å²) in [6.07, 6.45) is 4.40. The molecule has 1 aliphatic heterocycles. The summed E-state index contributed by atoms with van der Waals surface area (Å²) in [6.45, 7) is 0.639. The zero-order valence-corrected chi connectivity index (χ0v) is 13.0. The SMILES string of the molecule is N#Cc1cnc(NC2CCCN(c3ccccc3Cl)C2=O)cn1. The van der Waals surface area contributed by atoms with Crippen LogP contribution in [-0.4, -0.2) is 28.5 Å². The third kappa shape index (κ3) is 3.25. The molecular formula is C16H14ClN5O. The number of hydrogen-bond acceptors (Lipinski definition) is 5. The van der Waals surface area contributed by atoms with Gasteiger partial charge in [0, 0.05) is 6.54 Å². The summed E-state index contributed by atoms with van der Waals surface area (Å²) in [5.74, 6) is 0.430. The molecule has 7 heteroatoms. The molecule has 0 aliphatic carbocycles. The monoisotopic (exact) mass is 327 g/mol. The van der Waals surface area contributed by atoms with E-state index in [4.69, 9.17) is 16.9 Å². The van der Waals surface area contributed by atoms with Crippen molar-refractivity contribution in [1.82, 2.24) is 9.97 Å². The van der Waals surface area contributed by atoms with Gasteiger partial charge in [-0.05, 0) is 25.0 Å². The number of halogens is 1. The third-order valence-corrected chi connectivity index (χ3v) is 3.99. The third-order valence-electron chi connectivity index (χ3n) is 3.67. The van der Waals surface area contributed by atoms with Gasteiger partial charge in [-0.15, -0.1) is 0 Å². The fourth-order valence-corrected chi connectivity index (χ4v) is 2.80. The van der Waals surface area contributed by atoms with Crippen molar-refractivity contribution in [2.45, 2.75) is 18.9 Å². The molecule has 1 N–H and O–H groups in total. The van der Waals surface area contributed by atoms with Gasteiger partial charge >= 0.3 is 0 Å². The molecule has 23 heavy (non-hydrogen) atoms. The maximum absolute atomic E-state index is 12.7. The van der Waals surface area contributed by atoms with E-state index in [2.05, 4.69) is 15.3 Å². The number of nitriles is 1. The highest BCUT2D eigenvalue weighted by Crippen LogP contribution is 2.29. The Hall–Kier alpha value is -2.65. The average molecular weight is 328 g/mol. The first kappa shape index (κ1) is 15.3. The molecule has 1 amide bonds. The molecule has 1 saturated heterocycles. The van der Waals surface area contributed by atoms with Crippen LogP contribution < -0.4 is 10.2 Å². The first-order valence-corrected chi connectivity index (χ1v) is 7.61. The second kappa shape index (κ2) is 6.63. The van der Waals surface area contributed by atoms with Crippen molar-refractivity contribution in [3.05, 3.63) is 47.4 Å². The molecule has 116 valence electrons. The molecule has 1 aromatic heterocycles. The van der Waals surface area contributed by atoms with Gasteiger partial charge in [0.05, 0.1) is 23.1 Å². The van der Waals surface area contributed by atoms with Crippen LogP contribution in [0, 0.1) is 11.3 Å². The molecule has 0 bridgehead atoms. The van der Waals surface area contributed by atoms with E-state index < -0.39 is 0 Å². The Kier molecular flexibility index (Phi) is 4.40. The largest absolute Gasteiger partial charge is 0.357 e. The van der Waals surface area contributed by atoms with Crippen molar-refractivity contribution in [3.63, 3.8) is 0 Å². The van der Waals surface area contributed by atoms with Gasteiger partial charge in [-0.25, -0.2) is 9.97 Å². The second-order valence-electron chi connectivity index (χ2n) is 5.18. The summed E-state index contributed by atoms with van der Waals surface area (Å²) in [4.78, 5) is 22.5. The molecular weight excluding hydrogens is 314 g/mol. The van der Waals surface area contributed by atoms with Crippen LogP contribution >= 0.6 is 11.6 Å². The highest BCUT2D eigenvalue weighted by atomic mass is 35.5. The molecule has 1 fully saturated rings. The predicted molar refractivity (Wildman–Crippen MR) is 87.2 cm³/mol. The van der Waals surface area contributed by atoms with Gasteiger partial charge in [-0.2, -0.15) is 5.26 Å². The normalized spacial score (nSPS) is 17.7. The Balaban J connectivity index is 1.77. The smallest absolute Gasteiger partial charge is 0.249 e. The van der Waals surface area contributed by atoms with E-state index in [0.717, 1.165) is 12.1 Å². The molecule has 0 spiro atoms. The van der Waals surface area contributed by atoms with Gasteiger partial charge in [-0.1, -0.05) is 23.7 Å². The molecule has 3 rings (SSSR count). The van der Waals surface area contributed by atoms with Crippen LogP contribution in [0.2, 0.25) is 5.02 Å². The van der Waals surface area contributed by atoms with Gasteiger partial charge in [0.15, 0.2) is 5.69 Å². The van der Waals surface area contributed by atoms with E-state index in [-0.39, 0.29) is 17.6 Å². The molecule has 1 unspecified atom stereocenters. The highest BCUT2D eigenvalue weighted by Gasteiger charge is 2.30. The van der Waals surface area contributed by atoms with Crippen LogP contribution in [-0.2, 0) is 4.79 Å². The number of nitrogens with one attached hydrogen (secondary N) is 1. The summed E-state index contributed by atoms with van der Waals surface area (Å²) >= 11 is 6.20. The maximum Gasteiger partial charge on any atom is 0.249 e. The lowest BCUT2D eigenvalue weighted by Gasteiger charge is -2.33. The number of benzene rings is 1. The molecule has 2 aromatic rings. The molecule has 1 aliphatic rings. The van der Waals surface area contributed by atoms with Crippen molar-refractivity contribution in [2.24, 2.45) is 0 Å². The quantitative estimate of drug-likeness (QED) is 0.937. The first-order chi connectivity index (χ1) is 11.2. The number of rotatable bonds is 3. The summed E-state index contributed by atoms with van der Waals surface area (Å²) < 4.78 is 0. The van der Waals surface area contributed by atoms with E-state index in [9.17, 15) is 4.79 Å². The minimum Gasteiger partial charge on any atom is -0.357 e. The number of para-hydroxylation sites is 1. The zero-order valence-electron chi connectivity index (χ0n) is 12.2. The van der Waals surface area contributed by atoms with Crippen LogP contribution in [0.15, 0.2) is 36.7 Å². The van der Waals surface area contributed by atoms with Gasteiger partial charge in [0.1, 0.15) is 17.9 Å². The average Bonchev–Trinajstić information content (AvgIpc) is 2.58. The fourth-order valence-electron chi connectivity index (χ4n) is 2.56. The lowest BCUT2D eigenvalue weighted by Crippen LogP contribution is -2.48. The molecule has 6 nitrogen and oxygen atoms in total. The Morgan fingerprint density at radius 1 is 1.30 bits per heavy atom. The number of nitrogens with zero attached hydrogens (tertiary/aromatic N) is 4. The molecule has 0 radical (unpaired) electrons. The van der Waals surface area contributed by atoms with E-state index in [1.54, 1.807) is 11.0 Å². The van der Waals surface area contributed by atoms with Crippen molar-refractivity contribution < 1.29 is 4.79 Å². The zero-order chi connectivity index (χ0) is 16.2. The van der Waals surface area contributed by atoms with Gasteiger partial charge < -0.3 is 10.2 Å². The summed E-state index contributed by atoms with van der Waals surface area (Å²) in [5.41, 5.74) is 0.958.